The molecule has 9 heteroatoms. The number of nitrogens with zero attached hydrogens (tertiary/aromatic N) is 5. The Hall–Kier alpha value is -4.27. The standard InChI is InChI=1S/C23H22N6O3/c1-27-17-7-6-15(12-18(17)28(2)23(27)30)25-22-26-16(13-21-24-9-10-29(21)22)14-5-8-19(31-3)20(11-14)32-4/h5-13H,1-4H3,(H,25,26). The maximum absolute atomic E-state index is 12.3. The zero-order valence-corrected chi connectivity index (χ0v) is 18.2. The van der Waals surface area contributed by atoms with Crippen LogP contribution in [0.4, 0.5) is 11.6 Å². The van der Waals surface area contributed by atoms with Crippen LogP contribution in [0.2, 0.25) is 0 Å². The molecular weight excluding hydrogens is 408 g/mol. The second-order valence-electron chi connectivity index (χ2n) is 7.42. The Morgan fingerprint density at radius 1 is 0.906 bits per heavy atom. The van der Waals surface area contributed by atoms with Gasteiger partial charge in [-0.1, -0.05) is 0 Å². The number of fused-ring (bicyclic) bond motifs is 2. The first-order chi connectivity index (χ1) is 15.5. The van der Waals surface area contributed by atoms with Gasteiger partial charge < -0.3 is 14.8 Å². The number of ether oxygens (including phenoxy) is 2. The van der Waals surface area contributed by atoms with Crippen molar-refractivity contribution in [2.24, 2.45) is 14.1 Å². The maximum Gasteiger partial charge on any atom is 0.328 e. The number of hydrogen-bond acceptors (Lipinski definition) is 6. The highest BCUT2D eigenvalue weighted by Gasteiger charge is 2.13. The van der Waals surface area contributed by atoms with Crippen molar-refractivity contribution in [1.82, 2.24) is 23.5 Å². The van der Waals surface area contributed by atoms with E-state index in [1.807, 2.05) is 53.1 Å². The first kappa shape index (κ1) is 19.7. The van der Waals surface area contributed by atoms with Gasteiger partial charge in [0.1, 0.15) is 5.65 Å². The summed E-state index contributed by atoms with van der Waals surface area (Å²) in [6.07, 6.45) is 3.57. The average molecular weight is 430 g/mol. The molecule has 5 aromatic rings. The van der Waals surface area contributed by atoms with Gasteiger partial charge in [-0.25, -0.2) is 14.8 Å². The molecule has 1 N–H and O–H groups in total. The second kappa shape index (κ2) is 7.45. The Kier molecular flexibility index (Phi) is 4.58. The number of rotatable bonds is 5. The topological polar surface area (TPSA) is 87.6 Å². The van der Waals surface area contributed by atoms with E-state index in [0.29, 0.717) is 17.4 Å². The fourth-order valence-electron chi connectivity index (χ4n) is 3.87. The van der Waals surface area contributed by atoms with Gasteiger partial charge in [0.25, 0.3) is 0 Å². The summed E-state index contributed by atoms with van der Waals surface area (Å²) in [5.41, 5.74) is 4.80. The van der Waals surface area contributed by atoms with Crippen LogP contribution in [0.25, 0.3) is 27.9 Å². The third-order valence-electron chi connectivity index (χ3n) is 5.60. The molecule has 0 saturated carbocycles. The molecule has 0 aliphatic carbocycles. The molecule has 3 aromatic heterocycles. The smallest absolute Gasteiger partial charge is 0.328 e. The lowest BCUT2D eigenvalue weighted by molar-refractivity contribution is 0.355. The van der Waals surface area contributed by atoms with Crippen molar-refractivity contribution >= 4 is 28.3 Å². The Labute approximate surface area is 183 Å². The predicted octanol–water partition coefficient (Wildman–Crippen LogP) is 3.35. The minimum absolute atomic E-state index is 0.0669. The van der Waals surface area contributed by atoms with E-state index in [4.69, 9.17) is 14.5 Å². The van der Waals surface area contributed by atoms with Gasteiger partial charge in [0.05, 0.1) is 30.9 Å². The molecule has 0 saturated heterocycles. The first-order valence-electron chi connectivity index (χ1n) is 9.99. The van der Waals surface area contributed by atoms with Gasteiger partial charge in [-0.3, -0.25) is 13.5 Å². The summed E-state index contributed by atoms with van der Waals surface area (Å²) in [6, 6.07) is 13.4. The van der Waals surface area contributed by atoms with E-state index in [1.165, 1.54) is 0 Å². The van der Waals surface area contributed by atoms with Crippen molar-refractivity contribution in [2.75, 3.05) is 19.5 Å². The molecule has 0 unspecified atom stereocenters. The predicted molar refractivity (Wildman–Crippen MR) is 123 cm³/mol. The zero-order chi connectivity index (χ0) is 22.4. The van der Waals surface area contributed by atoms with Crippen molar-refractivity contribution in [3.63, 3.8) is 0 Å². The van der Waals surface area contributed by atoms with Crippen LogP contribution in [0.3, 0.4) is 0 Å². The number of nitrogens with one attached hydrogen (secondary N) is 1. The van der Waals surface area contributed by atoms with Crippen LogP contribution in [-0.2, 0) is 14.1 Å². The summed E-state index contributed by atoms with van der Waals surface area (Å²) in [4.78, 5) is 21.5. The fraction of sp³-hybridized carbons (Fsp3) is 0.174. The number of aryl methyl sites for hydroxylation is 2. The second-order valence-corrected chi connectivity index (χ2v) is 7.42. The normalized spacial score (nSPS) is 11.2. The number of methoxy groups -OCH3 is 2. The molecule has 0 aliphatic rings. The molecule has 162 valence electrons. The molecule has 0 radical (unpaired) electrons. The van der Waals surface area contributed by atoms with Crippen LogP contribution in [-0.4, -0.2) is 37.7 Å². The minimum atomic E-state index is -0.0669. The molecule has 2 aromatic carbocycles. The van der Waals surface area contributed by atoms with Gasteiger partial charge in [-0.2, -0.15) is 0 Å². The largest absolute Gasteiger partial charge is 0.493 e. The van der Waals surface area contributed by atoms with Gasteiger partial charge in [0.15, 0.2) is 11.5 Å². The number of anilines is 2. The van der Waals surface area contributed by atoms with Crippen LogP contribution in [0.1, 0.15) is 0 Å². The van der Waals surface area contributed by atoms with Crippen molar-refractivity contribution in [1.29, 1.82) is 0 Å². The molecule has 0 atom stereocenters. The van der Waals surface area contributed by atoms with Gasteiger partial charge in [0, 0.05) is 43.8 Å². The number of aromatic nitrogens is 5. The van der Waals surface area contributed by atoms with Crippen LogP contribution in [0.5, 0.6) is 11.5 Å². The van der Waals surface area contributed by atoms with E-state index in [9.17, 15) is 4.79 Å². The fourth-order valence-corrected chi connectivity index (χ4v) is 3.87. The third kappa shape index (κ3) is 3.06. The summed E-state index contributed by atoms with van der Waals surface area (Å²) >= 11 is 0. The van der Waals surface area contributed by atoms with Gasteiger partial charge in [0.2, 0.25) is 5.95 Å². The molecule has 0 spiro atoms. The molecule has 0 amide bonds. The molecular formula is C23H22N6O3. The Morgan fingerprint density at radius 3 is 2.47 bits per heavy atom. The summed E-state index contributed by atoms with van der Waals surface area (Å²) in [6.45, 7) is 0. The summed E-state index contributed by atoms with van der Waals surface area (Å²) in [5, 5.41) is 3.37. The highest BCUT2D eigenvalue weighted by atomic mass is 16.5. The molecule has 9 nitrogen and oxygen atoms in total. The van der Waals surface area contributed by atoms with E-state index in [2.05, 4.69) is 10.3 Å². The summed E-state index contributed by atoms with van der Waals surface area (Å²) in [5.74, 6) is 1.88. The Morgan fingerprint density at radius 2 is 1.69 bits per heavy atom. The van der Waals surface area contributed by atoms with E-state index < -0.39 is 0 Å². The zero-order valence-electron chi connectivity index (χ0n) is 18.2. The Bertz CT molecular complexity index is 1530. The van der Waals surface area contributed by atoms with Gasteiger partial charge in [-0.15, -0.1) is 0 Å². The average Bonchev–Trinajstić information content (AvgIpc) is 3.38. The van der Waals surface area contributed by atoms with Crippen molar-refractivity contribution < 1.29 is 9.47 Å². The lowest BCUT2D eigenvalue weighted by Gasteiger charge is -2.13. The SMILES string of the molecule is COc1ccc(-c2cc3nccn3c(Nc3ccc4c(c3)n(C)c(=O)n4C)n2)cc1OC. The highest BCUT2D eigenvalue weighted by molar-refractivity contribution is 5.81. The van der Waals surface area contributed by atoms with Crippen LogP contribution in [0, 0.1) is 0 Å². The maximum atomic E-state index is 12.3. The van der Waals surface area contributed by atoms with Crippen molar-refractivity contribution in [2.45, 2.75) is 0 Å². The van der Waals surface area contributed by atoms with E-state index in [0.717, 1.165) is 33.6 Å². The summed E-state index contributed by atoms with van der Waals surface area (Å²) in [7, 11) is 6.74. The van der Waals surface area contributed by atoms with E-state index in [-0.39, 0.29) is 5.69 Å². The first-order valence-corrected chi connectivity index (χ1v) is 9.99. The van der Waals surface area contributed by atoms with Crippen LogP contribution in [0.15, 0.2) is 59.7 Å². The highest BCUT2D eigenvalue weighted by Crippen LogP contribution is 2.33. The lowest BCUT2D eigenvalue weighted by atomic mass is 10.1. The molecule has 5 rings (SSSR count). The quantitative estimate of drug-likeness (QED) is 0.460. The monoisotopic (exact) mass is 430 g/mol. The lowest BCUT2D eigenvalue weighted by Crippen LogP contribution is -2.19. The molecule has 3 heterocycles. The molecule has 0 aliphatic heterocycles. The van der Waals surface area contributed by atoms with Gasteiger partial charge in [-0.05, 0) is 36.4 Å². The van der Waals surface area contributed by atoms with E-state index >= 15 is 0 Å². The van der Waals surface area contributed by atoms with Crippen molar-refractivity contribution in [3.05, 3.63) is 65.3 Å². The summed E-state index contributed by atoms with van der Waals surface area (Å²) < 4.78 is 15.9. The molecule has 32 heavy (non-hydrogen) atoms. The van der Waals surface area contributed by atoms with Gasteiger partial charge >= 0.3 is 5.69 Å². The molecule has 0 bridgehead atoms. The number of benzene rings is 2. The third-order valence-corrected chi connectivity index (χ3v) is 5.60. The van der Waals surface area contributed by atoms with E-state index in [1.54, 1.807) is 43.6 Å². The number of imidazole rings is 2. The number of hydrogen-bond donors (Lipinski definition) is 1. The minimum Gasteiger partial charge on any atom is -0.493 e. The molecule has 0 fully saturated rings. The van der Waals surface area contributed by atoms with Crippen LogP contribution >= 0.6 is 0 Å². The van der Waals surface area contributed by atoms with Crippen LogP contribution < -0.4 is 20.5 Å². The Balaban J connectivity index is 1.61. The van der Waals surface area contributed by atoms with Crippen molar-refractivity contribution in [3.8, 4) is 22.8 Å².